The first-order valence-electron chi connectivity index (χ1n) is 9.30. The minimum absolute atomic E-state index is 0.0202. The second kappa shape index (κ2) is 9.65. The summed E-state index contributed by atoms with van der Waals surface area (Å²) in [4.78, 5) is 53.8. The van der Waals surface area contributed by atoms with Crippen molar-refractivity contribution in [3.63, 3.8) is 0 Å². The third kappa shape index (κ3) is 4.88. The molecule has 0 saturated carbocycles. The first-order valence-corrected chi connectivity index (χ1v) is 10.4. The van der Waals surface area contributed by atoms with E-state index in [0.717, 1.165) is 4.90 Å². The quantitative estimate of drug-likeness (QED) is 0.255. The fourth-order valence-corrected chi connectivity index (χ4v) is 4.64. The highest BCUT2D eigenvalue weighted by Gasteiger charge is 2.54. The lowest BCUT2D eigenvalue weighted by atomic mass is 10.0. The number of oxime groups is 1. The lowest BCUT2D eigenvalue weighted by Crippen LogP contribution is -2.70. The number of ether oxygens (including phenoxy) is 1. The summed E-state index contributed by atoms with van der Waals surface area (Å²) in [5, 5.41) is 15.4. The summed E-state index contributed by atoms with van der Waals surface area (Å²) in [7, 11) is 1.42. The van der Waals surface area contributed by atoms with E-state index in [9.17, 15) is 24.3 Å². The third-order valence-corrected chi connectivity index (χ3v) is 6.06. The average Bonchev–Trinajstić information content (AvgIpc) is 2.74. The molecule has 0 spiro atoms. The molecule has 10 nitrogen and oxygen atoms in total. The molecule has 2 atom stereocenters. The Bertz CT molecular complexity index is 975. The van der Waals surface area contributed by atoms with Gasteiger partial charge in [-0.05, 0) is 11.1 Å². The zero-order valence-corrected chi connectivity index (χ0v) is 17.7. The maximum absolute atomic E-state index is 12.6. The fourth-order valence-electron chi connectivity index (χ4n) is 3.31. The SMILES string of the molecule is CON=Cc1ccccc1CC(=O)NC1C(=O)N2C(C(=O)O)=C(COC(C)=O)CS[C@H]12. The lowest BCUT2D eigenvalue weighted by Gasteiger charge is -2.49. The van der Waals surface area contributed by atoms with Gasteiger partial charge in [-0.3, -0.25) is 19.3 Å². The predicted octanol–water partition coefficient (Wildman–Crippen LogP) is 0.511. The van der Waals surface area contributed by atoms with Crippen LogP contribution in [-0.4, -0.2) is 70.9 Å². The normalized spacial score (nSPS) is 20.2. The van der Waals surface area contributed by atoms with Crippen molar-refractivity contribution in [3.8, 4) is 0 Å². The summed E-state index contributed by atoms with van der Waals surface area (Å²) in [6.45, 7) is 1.02. The Morgan fingerprint density at radius 3 is 2.77 bits per heavy atom. The van der Waals surface area contributed by atoms with E-state index in [1.807, 2.05) is 0 Å². The summed E-state index contributed by atoms with van der Waals surface area (Å²) in [5.74, 6) is -2.44. The number of esters is 1. The van der Waals surface area contributed by atoms with E-state index in [0.29, 0.717) is 16.7 Å². The van der Waals surface area contributed by atoms with Crippen LogP contribution in [0.15, 0.2) is 40.7 Å². The monoisotopic (exact) mass is 447 g/mol. The summed E-state index contributed by atoms with van der Waals surface area (Å²) in [6.07, 6.45) is 1.51. The number of benzene rings is 1. The van der Waals surface area contributed by atoms with E-state index in [4.69, 9.17) is 4.74 Å². The van der Waals surface area contributed by atoms with Gasteiger partial charge in [0.25, 0.3) is 5.91 Å². The molecule has 2 aliphatic rings. The molecule has 1 aromatic rings. The molecule has 11 heteroatoms. The molecule has 1 unspecified atom stereocenters. The van der Waals surface area contributed by atoms with Gasteiger partial charge in [0.15, 0.2) is 0 Å². The molecule has 2 amide bonds. The van der Waals surface area contributed by atoms with Gasteiger partial charge in [-0.15, -0.1) is 11.8 Å². The van der Waals surface area contributed by atoms with Gasteiger partial charge >= 0.3 is 11.9 Å². The highest BCUT2D eigenvalue weighted by Crippen LogP contribution is 2.40. The first kappa shape index (κ1) is 22.3. The zero-order valence-electron chi connectivity index (χ0n) is 16.9. The number of carboxylic acids is 1. The highest BCUT2D eigenvalue weighted by atomic mass is 32.2. The van der Waals surface area contributed by atoms with Crippen LogP contribution in [0.5, 0.6) is 0 Å². The van der Waals surface area contributed by atoms with Crippen LogP contribution in [0.3, 0.4) is 0 Å². The van der Waals surface area contributed by atoms with Gasteiger partial charge in [0, 0.05) is 18.2 Å². The van der Waals surface area contributed by atoms with Crippen LogP contribution in [0.25, 0.3) is 0 Å². The molecule has 0 bridgehead atoms. The number of carbonyl (C=O) groups excluding carboxylic acids is 3. The minimum Gasteiger partial charge on any atom is -0.477 e. The molecule has 3 rings (SSSR count). The number of carboxylic acid groups (broad SMARTS) is 1. The topological polar surface area (TPSA) is 135 Å². The van der Waals surface area contributed by atoms with E-state index in [2.05, 4.69) is 15.3 Å². The van der Waals surface area contributed by atoms with Gasteiger partial charge < -0.3 is 20.0 Å². The summed E-state index contributed by atoms with van der Waals surface area (Å²) < 4.78 is 4.90. The van der Waals surface area contributed by atoms with Gasteiger partial charge in [0.1, 0.15) is 30.8 Å². The lowest BCUT2D eigenvalue weighted by molar-refractivity contribution is -0.151. The molecule has 1 saturated heterocycles. The van der Waals surface area contributed by atoms with Gasteiger partial charge in [0.2, 0.25) is 5.91 Å². The van der Waals surface area contributed by atoms with E-state index in [1.165, 1.54) is 32.0 Å². The van der Waals surface area contributed by atoms with Crippen molar-refractivity contribution in [2.45, 2.75) is 24.8 Å². The highest BCUT2D eigenvalue weighted by molar-refractivity contribution is 8.00. The second-order valence-corrected chi connectivity index (χ2v) is 7.89. The van der Waals surface area contributed by atoms with Crippen molar-refractivity contribution in [3.05, 3.63) is 46.7 Å². The average molecular weight is 447 g/mol. The Morgan fingerprint density at radius 2 is 2.10 bits per heavy atom. The third-order valence-electron chi connectivity index (χ3n) is 4.72. The molecular weight excluding hydrogens is 426 g/mol. The molecule has 2 heterocycles. The smallest absolute Gasteiger partial charge is 0.352 e. The Kier molecular flexibility index (Phi) is 6.95. The standard InChI is InChI=1S/C20H21N3O7S/c1-11(24)30-9-14-10-31-19-16(18(26)23(19)17(14)20(27)28)22-15(25)7-12-5-3-4-6-13(12)8-21-29-2/h3-6,8,16,19H,7,9-10H2,1-2H3,(H,22,25)(H,27,28)/t16?,19-/m1/s1. The number of carbonyl (C=O) groups is 4. The van der Waals surface area contributed by atoms with E-state index < -0.39 is 29.3 Å². The molecule has 2 aliphatic heterocycles. The Morgan fingerprint density at radius 1 is 1.35 bits per heavy atom. The number of rotatable bonds is 8. The van der Waals surface area contributed by atoms with Crippen LogP contribution in [0.1, 0.15) is 18.1 Å². The number of β-lactam (4-membered cyclic amide) rings is 1. The molecule has 0 radical (unpaired) electrons. The van der Waals surface area contributed by atoms with Gasteiger partial charge in [-0.1, -0.05) is 29.4 Å². The minimum atomic E-state index is -1.28. The molecule has 1 aromatic carbocycles. The van der Waals surface area contributed by atoms with Crippen LogP contribution >= 0.6 is 11.8 Å². The predicted molar refractivity (Wildman–Crippen MR) is 111 cm³/mol. The van der Waals surface area contributed by atoms with Gasteiger partial charge in [-0.25, -0.2) is 4.79 Å². The largest absolute Gasteiger partial charge is 0.477 e. The first-order chi connectivity index (χ1) is 14.8. The Balaban J connectivity index is 1.69. The molecule has 0 aliphatic carbocycles. The molecular formula is C20H21N3O7S. The maximum Gasteiger partial charge on any atom is 0.352 e. The van der Waals surface area contributed by atoms with E-state index in [1.54, 1.807) is 24.3 Å². The molecule has 1 fully saturated rings. The van der Waals surface area contributed by atoms with Crippen LogP contribution in [0, 0.1) is 0 Å². The molecule has 0 aromatic heterocycles. The van der Waals surface area contributed by atoms with Crippen LogP contribution in [0.2, 0.25) is 0 Å². The van der Waals surface area contributed by atoms with Crippen molar-refractivity contribution in [1.82, 2.24) is 10.2 Å². The number of hydrogen-bond donors (Lipinski definition) is 2. The van der Waals surface area contributed by atoms with Gasteiger partial charge in [-0.2, -0.15) is 0 Å². The van der Waals surface area contributed by atoms with Crippen molar-refractivity contribution in [1.29, 1.82) is 0 Å². The van der Waals surface area contributed by atoms with Crippen molar-refractivity contribution in [2.75, 3.05) is 19.5 Å². The molecule has 31 heavy (non-hydrogen) atoms. The van der Waals surface area contributed by atoms with Gasteiger partial charge in [0.05, 0.1) is 12.6 Å². The second-order valence-electron chi connectivity index (χ2n) is 6.79. The number of aliphatic carboxylic acids is 1. The number of thioether (sulfide) groups is 1. The van der Waals surface area contributed by atoms with Crippen molar-refractivity contribution >= 4 is 41.7 Å². The Hall–Kier alpha value is -3.34. The number of amides is 2. The molecule has 2 N–H and O–H groups in total. The summed E-state index contributed by atoms with van der Waals surface area (Å²) in [5.41, 5.74) is 1.56. The Labute approximate surface area is 182 Å². The summed E-state index contributed by atoms with van der Waals surface area (Å²) >= 11 is 1.31. The maximum atomic E-state index is 12.6. The van der Waals surface area contributed by atoms with E-state index in [-0.39, 0.29) is 30.4 Å². The number of nitrogens with zero attached hydrogens (tertiary/aromatic N) is 2. The number of nitrogens with one attached hydrogen (secondary N) is 1. The van der Waals surface area contributed by atoms with Crippen LogP contribution < -0.4 is 5.32 Å². The number of fused-ring (bicyclic) bond motifs is 1. The zero-order chi connectivity index (χ0) is 22.5. The number of hydrogen-bond acceptors (Lipinski definition) is 8. The summed E-state index contributed by atoms with van der Waals surface area (Å²) in [6, 6.07) is 6.31. The van der Waals surface area contributed by atoms with E-state index >= 15 is 0 Å². The molecule has 164 valence electrons. The van der Waals surface area contributed by atoms with Crippen molar-refractivity contribution in [2.24, 2.45) is 5.16 Å². The van der Waals surface area contributed by atoms with Crippen molar-refractivity contribution < 1.29 is 33.9 Å². The fraction of sp³-hybridized carbons (Fsp3) is 0.350. The van der Waals surface area contributed by atoms with Crippen LogP contribution in [0.4, 0.5) is 0 Å². The van der Waals surface area contributed by atoms with Crippen LogP contribution in [-0.2, 0) is 35.2 Å².